The lowest BCUT2D eigenvalue weighted by molar-refractivity contribution is -0.143. The van der Waals surface area contributed by atoms with Crippen molar-refractivity contribution in [2.45, 2.75) is 49.9 Å². The van der Waals surface area contributed by atoms with Crippen molar-refractivity contribution in [1.29, 1.82) is 0 Å². The van der Waals surface area contributed by atoms with Crippen LogP contribution >= 0.6 is 0 Å². The molecule has 0 bridgehead atoms. The summed E-state index contributed by atoms with van der Waals surface area (Å²) in [4.78, 5) is 69.3. The number of amides is 3. The van der Waals surface area contributed by atoms with Gasteiger partial charge in [0.15, 0.2) is 0 Å². The van der Waals surface area contributed by atoms with E-state index in [4.69, 9.17) is 5.73 Å². The second-order valence-corrected chi connectivity index (χ2v) is 9.57. The molecule has 14 nitrogen and oxygen atoms in total. The number of nitrogens with one attached hydrogen (secondary N) is 4. The summed E-state index contributed by atoms with van der Waals surface area (Å²) in [5.74, 6) is -5.31. The summed E-state index contributed by atoms with van der Waals surface area (Å²) < 4.78 is 0. The molecule has 4 atom stereocenters. The monoisotopic (exact) mass is 580 g/mol. The molecule has 0 aliphatic heterocycles. The molecule has 0 aliphatic carbocycles. The van der Waals surface area contributed by atoms with Crippen LogP contribution in [0.5, 0.6) is 5.75 Å². The zero-order valence-corrected chi connectivity index (χ0v) is 22.4. The highest BCUT2D eigenvalue weighted by molar-refractivity contribution is 5.95. The number of aromatic amines is 1. The quantitative estimate of drug-likeness (QED) is 0.114. The first-order valence-electron chi connectivity index (χ1n) is 12.9. The van der Waals surface area contributed by atoms with E-state index in [1.165, 1.54) is 24.7 Å². The highest BCUT2D eigenvalue weighted by atomic mass is 16.4. The Kier molecular flexibility index (Phi) is 11.1. The van der Waals surface area contributed by atoms with Gasteiger partial charge in [-0.25, -0.2) is 9.78 Å². The van der Waals surface area contributed by atoms with E-state index in [-0.39, 0.29) is 25.0 Å². The number of hydrogen-bond donors (Lipinski definition) is 8. The van der Waals surface area contributed by atoms with Gasteiger partial charge in [-0.15, -0.1) is 0 Å². The molecule has 0 saturated heterocycles. The normalized spacial score (nSPS) is 13.6. The van der Waals surface area contributed by atoms with E-state index < -0.39 is 60.2 Å². The van der Waals surface area contributed by atoms with Gasteiger partial charge >= 0.3 is 11.9 Å². The minimum absolute atomic E-state index is 0.0245. The molecular weight excluding hydrogens is 548 g/mol. The average Bonchev–Trinajstić information content (AvgIpc) is 3.46. The molecular formula is C28H32N6O8. The maximum atomic E-state index is 13.2. The van der Waals surface area contributed by atoms with Crippen molar-refractivity contribution in [3.05, 3.63) is 83.9 Å². The van der Waals surface area contributed by atoms with Crippen molar-refractivity contribution in [3.63, 3.8) is 0 Å². The number of aromatic hydroxyl groups is 1. The molecule has 3 aromatic rings. The van der Waals surface area contributed by atoms with Gasteiger partial charge in [0, 0.05) is 24.7 Å². The molecule has 3 rings (SSSR count). The van der Waals surface area contributed by atoms with Crippen molar-refractivity contribution in [1.82, 2.24) is 25.9 Å². The van der Waals surface area contributed by atoms with Gasteiger partial charge in [-0.05, 0) is 29.7 Å². The van der Waals surface area contributed by atoms with Crippen LogP contribution in [0.15, 0.2) is 67.1 Å². The van der Waals surface area contributed by atoms with Crippen LogP contribution in [0.2, 0.25) is 0 Å². The summed E-state index contributed by atoms with van der Waals surface area (Å²) in [5.41, 5.74) is 7.68. The Labute approximate surface area is 240 Å². The maximum absolute atomic E-state index is 13.2. The summed E-state index contributed by atoms with van der Waals surface area (Å²) >= 11 is 0. The number of carboxylic acids is 2. The topological polar surface area (TPSA) is 237 Å². The summed E-state index contributed by atoms with van der Waals surface area (Å²) in [5, 5.41) is 35.7. The van der Waals surface area contributed by atoms with Crippen molar-refractivity contribution < 1.29 is 39.3 Å². The number of H-pyrrole nitrogens is 1. The third kappa shape index (κ3) is 9.75. The van der Waals surface area contributed by atoms with E-state index in [1.807, 2.05) is 0 Å². The Bertz CT molecular complexity index is 1360. The highest BCUT2D eigenvalue weighted by Gasteiger charge is 2.32. The van der Waals surface area contributed by atoms with Gasteiger partial charge in [-0.1, -0.05) is 42.5 Å². The second kappa shape index (κ2) is 14.9. The van der Waals surface area contributed by atoms with Gasteiger partial charge in [-0.2, -0.15) is 0 Å². The van der Waals surface area contributed by atoms with E-state index in [2.05, 4.69) is 25.9 Å². The SMILES string of the molecule is NC(Cc1ccc(O)cc1)C(=O)NC(CC(=O)O)C(=O)NC(Cc1cnc[nH]1)C(=O)NC(Cc1ccccc1)C(=O)O. The number of carbonyl (C=O) groups is 5. The molecule has 2 aromatic carbocycles. The van der Waals surface area contributed by atoms with Crippen molar-refractivity contribution >= 4 is 29.7 Å². The number of carbonyl (C=O) groups excluding carboxylic acids is 3. The van der Waals surface area contributed by atoms with Crippen molar-refractivity contribution in [3.8, 4) is 5.75 Å². The van der Waals surface area contributed by atoms with Crippen LogP contribution in [0.3, 0.4) is 0 Å². The number of rotatable bonds is 15. The van der Waals surface area contributed by atoms with Gasteiger partial charge in [0.05, 0.1) is 18.8 Å². The standard InChI is InChI=1S/C28H32N6O8/c29-20(10-17-6-8-19(35)9-7-17)25(38)32-22(13-24(36)37)27(40)33-21(12-18-14-30-15-31-18)26(39)34-23(28(41)42)11-16-4-2-1-3-5-16/h1-9,14-15,20-23,35H,10-13,29H2,(H,30,31)(H,32,38)(H,33,40)(H,34,39)(H,36,37)(H,41,42). The Morgan fingerprint density at radius 1 is 0.762 bits per heavy atom. The van der Waals surface area contributed by atoms with Crippen LogP contribution in [0.25, 0.3) is 0 Å². The lowest BCUT2D eigenvalue weighted by Crippen LogP contribution is -2.58. The molecule has 0 radical (unpaired) electrons. The number of hydrogen-bond acceptors (Lipinski definition) is 8. The van der Waals surface area contributed by atoms with Crippen molar-refractivity contribution in [2.75, 3.05) is 0 Å². The van der Waals surface area contributed by atoms with Gasteiger partial charge in [0.1, 0.15) is 23.9 Å². The number of aliphatic carboxylic acids is 2. The number of carboxylic acid groups (broad SMARTS) is 2. The molecule has 9 N–H and O–H groups in total. The molecule has 1 heterocycles. The Morgan fingerprint density at radius 3 is 1.95 bits per heavy atom. The van der Waals surface area contributed by atoms with E-state index in [9.17, 15) is 39.3 Å². The summed E-state index contributed by atoms with van der Waals surface area (Å²) in [7, 11) is 0. The number of nitrogens with two attached hydrogens (primary N) is 1. The fourth-order valence-corrected chi connectivity index (χ4v) is 4.06. The fraction of sp³-hybridized carbons (Fsp3) is 0.286. The Hall–Kier alpha value is -5.24. The minimum atomic E-state index is -1.60. The lowest BCUT2D eigenvalue weighted by Gasteiger charge is -2.24. The maximum Gasteiger partial charge on any atom is 0.326 e. The number of phenolic OH excluding ortho intramolecular Hbond substituents is 1. The Morgan fingerprint density at radius 2 is 1.36 bits per heavy atom. The molecule has 0 spiro atoms. The molecule has 0 fully saturated rings. The van der Waals surface area contributed by atoms with Gasteiger partial charge < -0.3 is 42.0 Å². The van der Waals surface area contributed by atoms with E-state index in [1.54, 1.807) is 42.5 Å². The fourth-order valence-electron chi connectivity index (χ4n) is 4.06. The Balaban J connectivity index is 1.73. The average molecular weight is 581 g/mol. The van der Waals surface area contributed by atoms with Crippen LogP contribution in [0.1, 0.15) is 23.2 Å². The first-order chi connectivity index (χ1) is 20.0. The predicted octanol–water partition coefficient (Wildman–Crippen LogP) is -0.516. The van der Waals surface area contributed by atoms with Crippen LogP contribution < -0.4 is 21.7 Å². The first-order valence-corrected chi connectivity index (χ1v) is 12.9. The van der Waals surface area contributed by atoms with Crippen LogP contribution in [0.4, 0.5) is 0 Å². The van der Waals surface area contributed by atoms with Crippen LogP contribution in [-0.2, 0) is 43.2 Å². The third-order valence-electron chi connectivity index (χ3n) is 6.25. The molecule has 4 unspecified atom stereocenters. The van der Waals surface area contributed by atoms with E-state index >= 15 is 0 Å². The molecule has 14 heteroatoms. The molecule has 0 aliphatic rings. The molecule has 42 heavy (non-hydrogen) atoms. The number of benzene rings is 2. The van der Waals surface area contributed by atoms with E-state index in [0.29, 0.717) is 16.8 Å². The van der Waals surface area contributed by atoms with Gasteiger partial charge in [0.2, 0.25) is 17.7 Å². The van der Waals surface area contributed by atoms with Crippen molar-refractivity contribution in [2.24, 2.45) is 5.73 Å². The third-order valence-corrected chi connectivity index (χ3v) is 6.25. The smallest absolute Gasteiger partial charge is 0.326 e. The zero-order chi connectivity index (χ0) is 30.6. The predicted molar refractivity (Wildman–Crippen MR) is 148 cm³/mol. The van der Waals surface area contributed by atoms with Gasteiger partial charge in [-0.3, -0.25) is 19.2 Å². The number of nitrogens with zero attached hydrogens (tertiary/aromatic N) is 1. The van der Waals surface area contributed by atoms with Crippen LogP contribution in [-0.4, -0.2) is 79.1 Å². The summed E-state index contributed by atoms with van der Waals surface area (Å²) in [6.45, 7) is 0. The number of aromatic nitrogens is 2. The van der Waals surface area contributed by atoms with Gasteiger partial charge in [0.25, 0.3) is 0 Å². The largest absolute Gasteiger partial charge is 0.508 e. The van der Waals surface area contributed by atoms with E-state index in [0.717, 1.165) is 0 Å². The van der Waals surface area contributed by atoms with Crippen LogP contribution in [0, 0.1) is 0 Å². The summed E-state index contributed by atoms with van der Waals surface area (Å²) in [6, 6.07) is 9.15. The number of imidazole rings is 1. The summed E-state index contributed by atoms with van der Waals surface area (Å²) in [6.07, 6.45) is 1.82. The molecule has 3 amide bonds. The highest BCUT2D eigenvalue weighted by Crippen LogP contribution is 2.11. The lowest BCUT2D eigenvalue weighted by atomic mass is 10.0. The molecule has 0 saturated carbocycles. The second-order valence-electron chi connectivity index (χ2n) is 9.57. The molecule has 1 aromatic heterocycles. The minimum Gasteiger partial charge on any atom is -0.508 e. The zero-order valence-electron chi connectivity index (χ0n) is 22.4. The number of phenols is 1. The molecule has 222 valence electrons. The first kappa shape index (κ1) is 31.3.